The van der Waals surface area contributed by atoms with Gasteiger partial charge in [0.15, 0.2) is 0 Å². The molecule has 2 aromatic heterocycles. The van der Waals surface area contributed by atoms with E-state index in [1.807, 2.05) is 0 Å². The maximum absolute atomic E-state index is 13.3. The van der Waals surface area contributed by atoms with Crippen LogP contribution in [0.25, 0.3) is 10.9 Å². The number of hydrogen-bond acceptors (Lipinski definition) is 7. The van der Waals surface area contributed by atoms with Crippen LogP contribution in [0.1, 0.15) is 18.2 Å². The summed E-state index contributed by atoms with van der Waals surface area (Å²) in [5.74, 6) is -2.95. The molecule has 0 amide bonds. The predicted octanol–water partition coefficient (Wildman–Crippen LogP) is 1.74. The molecule has 2 aromatic carbocycles. The van der Waals surface area contributed by atoms with Crippen LogP contribution in [0.3, 0.4) is 0 Å². The lowest BCUT2D eigenvalue weighted by Crippen LogP contribution is -2.45. The van der Waals surface area contributed by atoms with Crippen molar-refractivity contribution in [3.05, 3.63) is 93.5 Å². The van der Waals surface area contributed by atoms with Crippen LogP contribution in [0.4, 0.5) is 0 Å². The largest absolute Gasteiger partial charge is 0.481 e. The lowest BCUT2D eigenvalue weighted by molar-refractivity contribution is -0.147. The molecule has 180 valence electrons. The molecule has 12 heteroatoms. The number of aromatic nitrogens is 2. The number of carboxylic acid groups (broad SMARTS) is 2. The van der Waals surface area contributed by atoms with Crippen molar-refractivity contribution in [1.82, 2.24) is 9.13 Å². The van der Waals surface area contributed by atoms with Gasteiger partial charge in [-0.2, -0.15) is 0 Å². The lowest BCUT2D eigenvalue weighted by Gasteiger charge is -2.18. The Morgan fingerprint density at radius 2 is 1.66 bits per heavy atom. The molecule has 0 radical (unpaired) electrons. The van der Waals surface area contributed by atoms with Gasteiger partial charge in [0.1, 0.15) is 11.8 Å². The molecule has 2 heterocycles. The van der Waals surface area contributed by atoms with E-state index in [1.165, 1.54) is 42.7 Å². The van der Waals surface area contributed by atoms with Gasteiger partial charge in [-0.1, -0.05) is 18.2 Å². The second-order valence-corrected chi connectivity index (χ2v) is 9.52. The third-order valence-corrected chi connectivity index (χ3v) is 7.13. The van der Waals surface area contributed by atoms with E-state index in [4.69, 9.17) is 9.52 Å². The minimum Gasteiger partial charge on any atom is -0.481 e. The van der Waals surface area contributed by atoms with Crippen LogP contribution in [0.5, 0.6) is 0 Å². The molecule has 0 aliphatic carbocycles. The van der Waals surface area contributed by atoms with E-state index in [1.54, 1.807) is 18.2 Å². The summed E-state index contributed by atoms with van der Waals surface area (Å²) in [5, 5.41) is 18.5. The van der Waals surface area contributed by atoms with E-state index in [0.717, 1.165) is 10.6 Å². The van der Waals surface area contributed by atoms with Gasteiger partial charge < -0.3 is 14.6 Å². The Kier molecular flexibility index (Phi) is 6.14. The summed E-state index contributed by atoms with van der Waals surface area (Å²) in [7, 11) is -4.05. The maximum atomic E-state index is 13.3. The Balaban J connectivity index is 2.04. The fourth-order valence-electron chi connectivity index (χ4n) is 3.71. The molecule has 0 bridgehead atoms. The van der Waals surface area contributed by atoms with E-state index in [-0.39, 0.29) is 27.2 Å². The molecule has 4 aromatic rings. The van der Waals surface area contributed by atoms with Crippen LogP contribution in [-0.4, -0.2) is 39.7 Å². The van der Waals surface area contributed by atoms with Crippen molar-refractivity contribution < 1.29 is 32.6 Å². The van der Waals surface area contributed by atoms with Crippen LogP contribution < -0.4 is 11.2 Å². The Labute approximate surface area is 197 Å². The normalized spacial score (nSPS) is 12.5. The first-order chi connectivity index (χ1) is 16.6. The van der Waals surface area contributed by atoms with Gasteiger partial charge in [0.2, 0.25) is 9.84 Å². The van der Waals surface area contributed by atoms with Gasteiger partial charge in [0.05, 0.1) is 39.9 Å². The zero-order valence-corrected chi connectivity index (χ0v) is 18.7. The van der Waals surface area contributed by atoms with Gasteiger partial charge in [-0.3, -0.25) is 14.2 Å². The van der Waals surface area contributed by atoms with Gasteiger partial charge in [-0.15, -0.1) is 0 Å². The third-order valence-electron chi connectivity index (χ3n) is 5.37. The van der Waals surface area contributed by atoms with E-state index in [2.05, 4.69) is 0 Å². The zero-order valence-electron chi connectivity index (χ0n) is 17.9. The van der Waals surface area contributed by atoms with Gasteiger partial charge >= 0.3 is 17.6 Å². The van der Waals surface area contributed by atoms with Crippen molar-refractivity contribution in [2.24, 2.45) is 0 Å². The fourth-order valence-corrected chi connectivity index (χ4v) is 5.02. The molecule has 1 atom stereocenters. The summed E-state index contributed by atoms with van der Waals surface area (Å²) in [4.78, 5) is 49.4. The molecular formula is C23H18N2O9S. The average Bonchev–Trinajstić information content (AvgIpc) is 3.34. The highest BCUT2D eigenvalue weighted by Crippen LogP contribution is 2.24. The van der Waals surface area contributed by atoms with E-state index >= 15 is 0 Å². The van der Waals surface area contributed by atoms with Crippen LogP contribution >= 0.6 is 0 Å². The number of aliphatic carboxylic acids is 2. The summed E-state index contributed by atoms with van der Waals surface area (Å²) in [6, 6.07) is 12.1. The summed E-state index contributed by atoms with van der Waals surface area (Å²) in [6.45, 7) is -0.215. The quantitative estimate of drug-likeness (QED) is 0.368. The molecule has 0 saturated heterocycles. The minimum atomic E-state index is -4.05. The van der Waals surface area contributed by atoms with Gasteiger partial charge in [0, 0.05) is 0 Å². The number of rotatable bonds is 8. The van der Waals surface area contributed by atoms with Crippen molar-refractivity contribution in [2.45, 2.75) is 28.8 Å². The first-order valence-corrected chi connectivity index (χ1v) is 11.7. The maximum Gasteiger partial charge on any atom is 0.332 e. The monoisotopic (exact) mass is 498 g/mol. The highest BCUT2D eigenvalue weighted by Gasteiger charge is 2.29. The minimum absolute atomic E-state index is 0.0270. The third kappa shape index (κ3) is 4.38. The second-order valence-electron chi connectivity index (χ2n) is 7.57. The molecule has 4 rings (SSSR count). The van der Waals surface area contributed by atoms with Crippen molar-refractivity contribution in [3.8, 4) is 0 Å². The molecular weight excluding hydrogens is 480 g/mol. The summed E-state index contributed by atoms with van der Waals surface area (Å²) in [6.07, 6.45) is 0.312. The Morgan fingerprint density at radius 3 is 2.26 bits per heavy atom. The second kappa shape index (κ2) is 9.06. The topological polar surface area (TPSA) is 166 Å². The molecule has 11 nitrogen and oxygen atoms in total. The van der Waals surface area contributed by atoms with Crippen molar-refractivity contribution in [2.75, 3.05) is 0 Å². The predicted molar refractivity (Wildman–Crippen MR) is 121 cm³/mol. The number of hydrogen-bond donors (Lipinski definition) is 2. The van der Waals surface area contributed by atoms with Crippen molar-refractivity contribution >= 4 is 32.7 Å². The average molecular weight is 498 g/mol. The first kappa shape index (κ1) is 23.7. The molecule has 35 heavy (non-hydrogen) atoms. The zero-order chi connectivity index (χ0) is 25.3. The standard InChI is InChI=1S/C23H18N2O9S/c26-20(27)12-19(22(29)30)25-21(28)17-11-16(35(32,33)15-6-2-1-3-7-15)8-9-18(17)24(23(25)31)13-14-5-4-10-34-14/h1-11,19H,12-13H2,(H,26,27)(H,29,30). The number of fused-ring (bicyclic) bond motifs is 1. The number of furan rings is 1. The molecule has 0 fully saturated rings. The number of carbonyl (C=O) groups is 2. The summed E-state index contributed by atoms with van der Waals surface area (Å²) in [5.41, 5.74) is -2.18. The van der Waals surface area contributed by atoms with Gasteiger partial charge in [0.25, 0.3) is 5.56 Å². The smallest absolute Gasteiger partial charge is 0.332 e. The summed E-state index contributed by atoms with van der Waals surface area (Å²) >= 11 is 0. The Bertz CT molecular complexity index is 1650. The van der Waals surface area contributed by atoms with Crippen molar-refractivity contribution in [1.29, 1.82) is 0 Å². The van der Waals surface area contributed by atoms with Gasteiger partial charge in [-0.25, -0.2) is 22.6 Å². The molecule has 2 N–H and O–H groups in total. The number of benzene rings is 2. The Morgan fingerprint density at radius 1 is 0.943 bits per heavy atom. The molecule has 0 aliphatic rings. The van der Waals surface area contributed by atoms with Crippen LogP contribution in [0.2, 0.25) is 0 Å². The first-order valence-electron chi connectivity index (χ1n) is 10.2. The molecule has 0 spiro atoms. The number of sulfone groups is 1. The van der Waals surface area contributed by atoms with Crippen LogP contribution in [0.15, 0.2) is 90.7 Å². The fraction of sp³-hybridized carbons (Fsp3) is 0.130. The SMILES string of the molecule is O=C(O)CC(C(=O)O)n1c(=O)c2cc(S(=O)(=O)c3ccccc3)ccc2n(Cc2ccco2)c1=O. The number of nitrogens with zero attached hydrogens (tertiary/aromatic N) is 2. The highest BCUT2D eigenvalue weighted by molar-refractivity contribution is 7.91. The highest BCUT2D eigenvalue weighted by atomic mass is 32.2. The Hall–Kier alpha value is -4.45. The summed E-state index contributed by atoms with van der Waals surface area (Å²) < 4.78 is 32.8. The molecule has 0 saturated carbocycles. The lowest BCUT2D eigenvalue weighted by atomic mass is 10.2. The molecule has 1 unspecified atom stereocenters. The number of carboxylic acids is 2. The van der Waals surface area contributed by atoms with Crippen LogP contribution in [0, 0.1) is 0 Å². The van der Waals surface area contributed by atoms with Crippen molar-refractivity contribution in [3.63, 3.8) is 0 Å². The van der Waals surface area contributed by atoms with Crippen LogP contribution in [-0.2, 0) is 26.0 Å². The van der Waals surface area contributed by atoms with Gasteiger partial charge in [-0.05, 0) is 42.5 Å². The van der Waals surface area contributed by atoms with E-state index < -0.39 is 45.5 Å². The van der Waals surface area contributed by atoms with E-state index in [9.17, 15) is 32.7 Å². The van der Waals surface area contributed by atoms with E-state index in [0.29, 0.717) is 10.3 Å². The molecule has 0 aliphatic heterocycles.